The van der Waals surface area contributed by atoms with E-state index in [1.807, 2.05) is 25.1 Å². The zero-order valence-electron chi connectivity index (χ0n) is 17.2. The molecule has 3 rings (SSSR count). The SMILES string of the molecule is C=CCNC(=O)[C@@H]1CC(=O)N(c2ccc(OCC(=O)Nc3ccc(Br)c(C)c3)cc2)C1. The second-order valence-electron chi connectivity index (χ2n) is 7.23. The van der Waals surface area contributed by atoms with Crippen LogP contribution < -0.4 is 20.3 Å². The maximum atomic E-state index is 12.3. The van der Waals surface area contributed by atoms with E-state index in [1.165, 1.54) is 0 Å². The van der Waals surface area contributed by atoms with Gasteiger partial charge in [-0.3, -0.25) is 14.4 Å². The molecule has 1 aliphatic rings. The molecule has 31 heavy (non-hydrogen) atoms. The largest absolute Gasteiger partial charge is 0.484 e. The summed E-state index contributed by atoms with van der Waals surface area (Å²) in [5.41, 5.74) is 2.40. The van der Waals surface area contributed by atoms with Crippen molar-refractivity contribution >= 4 is 45.0 Å². The molecule has 0 spiro atoms. The van der Waals surface area contributed by atoms with Crippen LogP contribution in [0.2, 0.25) is 0 Å². The zero-order chi connectivity index (χ0) is 22.4. The van der Waals surface area contributed by atoms with Gasteiger partial charge >= 0.3 is 0 Å². The first-order valence-corrected chi connectivity index (χ1v) is 10.6. The van der Waals surface area contributed by atoms with Gasteiger partial charge < -0.3 is 20.3 Å². The molecule has 1 saturated heterocycles. The minimum absolute atomic E-state index is 0.100. The molecule has 2 N–H and O–H groups in total. The molecular weight excluding hydrogens is 462 g/mol. The van der Waals surface area contributed by atoms with E-state index in [1.54, 1.807) is 35.2 Å². The van der Waals surface area contributed by atoms with E-state index in [-0.39, 0.29) is 36.7 Å². The molecule has 0 bridgehead atoms. The van der Waals surface area contributed by atoms with Crippen molar-refractivity contribution < 1.29 is 19.1 Å². The summed E-state index contributed by atoms with van der Waals surface area (Å²) in [5, 5.41) is 5.52. The third kappa shape index (κ3) is 5.95. The van der Waals surface area contributed by atoms with Crippen LogP contribution in [0.15, 0.2) is 59.6 Å². The number of amides is 3. The van der Waals surface area contributed by atoms with Crippen LogP contribution in [0.25, 0.3) is 0 Å². The zero-order valence-corrected chi connectivity index (χ0v) is 18.8. The first-order valence-electron chi connectivity index (χ1n) is 9.85. The van der Waals surface area contributed by atoms with Gasteiger partial charge in [-0.1, -0.05) is 22.0 Å². The Morgan fingerprint density at radius 2 is 2.00 bits per heavy atom. The monoisotopic (exact) mass is 485 g/mol. The standard InChI is InChI=1S/C23H24BrN3O4/c1-3-10-25-23(30)16-12-22(29)27(13-16)18-5-7-19(8-6-18)31-14-21(28)26-17-4-9-20(24)15(2)11-17/h3-9,11,16H,1,10,12-14H2,2H3,(H,25,30)(H,26,28)/t16-/m1/s1. The lowest BCUT2D eigenvalue weighted by molar-refractivity contribution is -0.126. The molecule has 1 aliphatic heterocycles. The van der Waals surface area contributed by atoms with Crippen LogP contribution in [-0.2, 0) is 14.4 Å². The minimum atomic E-state index is -0.380. The lowest BCUT2D eigenvalue weighted by Crippen LogP contribution is -2.32. The van der Waals surface area contributed by atoms with Crippen LogP contribution in [0.5, 0.6) is 5.75 Å². The fourth-order valence-electron chi connectivity index (χ4n) is 3.24. The van der Waals surface area contributed by atoms with E-state index in [4.69, 9.17) is 4.74 Å². The number of benzene rings is 2. The summed E-state index contributed by atoms with van der Waals surface area (Å²) in [4.78, 5) is 38.1. The molecule has 8 heteroatoms. The average molecular weight is 486 g/mol. The van der Waals surface area contributed by atoms with Gasteiger partial charge in [-0.05, 0) is 55.0 Å². The van der Waals surface area contributed by atoms with Gasteiger partial charge in [0.2, 0.25) is 11.8 Å². The number of aryl methyl sites for hydroxylation is 1. The van der Waals surface area contributed by atoms with Gasteiger partial charge in [0, 0.05) is 35.4 Å². The first-order chi connectivity index (χ1) is 14.9. The Morgan fingerprint density at radius 1 is 1.26 bits per heavy atom. The van der Waals surface area contributed by atoms with Gasteiger partial charge in [-0.25, -0.2) is 0 Å². The van der Waals surface area contributed by atoms with Crippen LogP contribution >= 0.6 is 15.9 Å². The van der Waals surface area contributed by atoms with Gasteiger partial charge in [0.05, 0.1) is 5.92 Å². The number of hydrogen-bond acceptors (Lipinski definition) is 4. The lowest BCUT2D eigenvalue weighted by atomic mass is 10.1. The van der Waals surface area contributed by atoms with Crippen molar-refractivity contribution in [1.82, 2.24) is 5.32 Å². The molecule has 3 amide bonds. The van der Waals surface area contributed by atoms with Gasteiger partial charge in [-0.15, -0.1) is 6.58 Å². The smallest absolute Gasteiger partial charge is 0.262 e. The van der Waals surface area contributed by atoms with E-state index in [9.17, 15) is 14.4 Å². The van der Waals surface area contributed by atoms with E-state index in [2.05, 4.69) is 33.1 Å². The van der Waals surface area contributed by atoms with Crippen LogP contribution in [-0.4, -0.2) is 37.4 Å². The molecule has 1 fully saturated rings. The average Bonchev–Trinajstić information content (AvgIpc) is 3.15. The van der Waals surface area contributed by atoms with Crippen molar-refractivity contribution in [2.24, 2.45) is 5.92 Å². The highest BCUT2D eigenvalue weighted by Gasteiger charge is 2.34. The number of hydrogen-bond donors (Lipinski definition) is 2. The Labute approximate surface area is 189 Å². The maximum Gasteiger partial charge on any atom is 0.262 e. The van der Waals surface area contributed by atoms with Crippen molar-refractivity contribution in [1.29, 1.82) is 0 Å². The van der Waals surface area contributed by atoms with Crippen molar-refractivity contribution in [2.75, 3.05) is 29.9 Å². The number of carbonyl (C=O) groups is 3. The predicted octanol–water partition coefficient (Wildman–Crippen LogP) is 3.43. The van der Waals surface area contributed by atoms with Crippen molar-refractivity contribution in [3.05, 3.63) is 65.2 Å². The Morgan fingerprint density at radius 3 is 2.68 bits per heavy atom. The first kappa shape index (κ1) is 22.6. The quantitative estimate of drug-likeness (QED) is 0.560. The highest BCUT2D eigenvalue weighted by atomic mass is 79.9. The summed E-state index contributed by atoms with van der Waals surface area (Å²) in [6.07, 6.45) is 1.78. The predicted molar refractivity (Wildman–Crippen MR) is 123 cm³/mol. The molecular formula is C23H24BrN3O4. The second-order valence-corrected chi connectivity index (χ2v) is 8.09. The van der Waals surface area contributed by atoms with E-state index >= 15 is 0 Å². The molecule has 1 atom stereocenters. The third-order valence-electron chi connectivity index (χ3n) is 4.88. The lowest BCUT2D eigenvalue weighted by Gasteiger charge is -2.17. The van der Waals surface area contributed by atoms with E-state index < -0.39 is 0 Å². The fourth-order valence-corrected chi connectivity index (χ4v) is 3.49. The summed E-state index contributed by atoms with van der Waals surface area (Å²) in [7, 11) is 0. The summed E-state index contributed by atoms with van der Waals surface area (Å²) >= 11 is 3.43. The minimum Gasteiger partial charge on any atom is -0.484 e. The maximum absolute atomic E-state index is 12.3. The van der Waals surface area contributed by atoms with Crippen molar-refractivity contribution in [3.8, 4) is 5.75 Å². The molecule has 7 nitrogen and oxygen atoms in total. The molecule has 0 unspecified atom stereocenters. The normalized spacial score (nSPS) is 15.5. The van der Waals surface area contributed by atoms with Gasteiger partial charge in [0.15, 0.2) is 6.61 Å². The van der Waals surface area contributed by atoms with Crippen LogP contribution in [0.4, 0.5) is 11.4 Å². The van der Waals surface area contributed by atoms with Crippen LogP contribution in [0.1, 0.15) is 12.0 Å². The Hall–Kier alpha value is -3.13. The number of anilines is 2. The van der Waals surface area contributed by atoms with Crippen LogP contribution in [0, 0.1) is 12.8 Å². The molecule has 0 saturated carbocycles. The van der Waals surface area contributed by atoms with Gasteiger partial charge in [0.25, 0.3) is 5.91 Å². The molecule has 2 aromatic rings. The Kier molecular flexibility index (Phi) is 7.46. The molecule has 1 heterocycles. The number of ether oxygens (including phenoxy) is 1. The fraction of sp³-hybridized carbons (Fsp3) is 0.261. The number of halogens is 1. The summed E-state index contributed by atoms with van der Waals surface area (Å²) in [6, 6.07) is 12.4. The highest BCUT2D eigenvalue weighted by molar-refractivity contribution is 9.10. The number of nitrogens with one attached hydrogen (secondary N) is 2. The van der Waals surface area contributed by atoms with Gasteiger partial charge in [0.1, 0.15) is 5.75 Å². The summed E-state index contributed by atoms with van der Waals surface area (Å²) in [5.74, 6) is -0.389. The Balaban J connectivity index is 1.52. The molecule has 162 valence electrons. The van der Waals surface area contributed by atoms with E-state index in [0.717, 1.165) is 10.0 Å². The molecule has 2 aromatic carbocycles. The third-order valence-corrected chi connectivity index (χ3v) is 5.77. The Bertz CT molecular complexity index is 991. The molecule has 0 aromatic heterocycles. The van der Waals surface area contributed by atoms with Gasteiger partial charge in [-0.2, -0.15) is 0 Å². The summed E-state index contributed by atoms with van der Waals surface area (Å²) < 4.78 is 6.52. The summed E-state index contributed by atoms with van der Waals surface area (Å²) in [6.45, 7) is 6.08. The van der Waals surface area contributed by atoms with Crippen LogP contribution in [0.3, 0.4) is 0 Å². The number of carbonyl (C=O) groups excluding carboxylic acids is 3. The highest BCUT2D eigenvalue weighted by Crippen LogP contribution is 2.27. The number of nitrogens with zero attached hydrogens (tertiary/aromatic N) is 1. The van der Waals surface area contributed by atoms with Crippen molar-refractivity contribution in [2.45, 2.75) is 13.3 Å². The molecule has 0 aliphatic carbocycles. The van der Waals surface area contributed by atoms with Crippen molar-refractivity contribution in [3.63, 3.8) is 0 Å². The van der Waals surface area contributed by atoms with E-state index in [0.29, 0.717) is 30.2 Å². The second kappa shape index (κ2) is 10.3. The molecule has 0 radical (unpaired) electrons. The number of rotatable bonds is 8. The topological polar surface area (TPSA) is 87.7 Å².